The summed E-state index contributed by atoms with van der Waals surface area (Å²) >= 11 is 0. The Morgan fingerprint density at radius 2 is 2.31 bits per heavy atom. The zero-order valence-electron chi connectivity index (χ0n) is 8.19. The van der Waals surface area contributed by atoms with Crippen LogP contribution in [0.3, 0.4) is 0 Å². The smallest absolute Gasteiger partial charge is 0.225 e. The molecule has 13 heavy (non-hydrogen) atoms. The van der Waals surface area contributed by atoms with E-state index in [1.165, 1.54) is 12.0 Å². The predicted molar refractivity (Wildman–Crippen MR) is 49.2 cm³/mol. The Labute approximate surface area is 78.5 Å². The van der Waals surface area contributed by atoms with Crippen molar-refractivity contribution in [1.82, 2.24) is 4.90 Å². The first-order valence-corrected chi connectivity index (χ1v) is 4.23. The van der Waals surface area contributed by atoms with Crippen LogP contribution in [-0.4, -0.2) is 55.9 Å². The molecule has 0 aliphatic rings. The summed E-state index contributed by atoms with van der Waals surface area (Å²) in [6.45, 7) is 0.650. The maximum absolute atomic E-state index is 11.3. The number of carbonyl (C=O) groups excluding carboxylic acids is 1. The van der Waals surface area contributed by atoms with Crippen molar-refractivity contribution in [3.05, 3.63) is 0 Å². The third kappa shape index (κ3) is 4.82. The molecule has 0 saturated carbocycles. The number of hydrogen-bond acceptors (Lipinski definition) is 4. The zero-order chi connectivity index (χ0) is 10.3. The fourth-order valence-corrected chi connectivity index (χ4v) is 0.888. The Kier molecular flexibility index (Phi) is 6.48. The maximum Gasteiger partial charge on any atom is 0.225 e. The molecular weight excluding hydrogens is 172 g/mol. The fraction of sp³-hybridized carbons (Fsp3) is 0.875. The molecule has 0 aromatic carbocycles. The van der Waals surface area contributed by atoms with E-state index >= 15 is 0 Å². The van der Waals surface area contributed by atoms with E-state index in [0.717, 1.165) is 0 Å². The molecule has 0 rings (SSSR count). The van der Waals surface area contributed by atoms with E-state index in [-0.39, 0.29) is 25.0 Å². The van der Waals surface area contributed by atoms with Gasteiger partial charge in [0.05, 0.1) is 19.1 Å². The number of ether oxygens (including phenoxy) is 1. The Balaban J connectivity index is 3.83. The summed E-state index contributed by atoms with van der Waals surface area (Å²) in [5, 5.41) is 8.58. The van der Waals surface area contributed by atoms with Crippen molar-refractivity contribution in [3.63, 3.8) is 0 Å². The highest BCUT2D eigenvalue weighted by atomic mass is 16.5. The van der Waals surface area contributed by atoms with E-state index in [9.17, 15) is 4.79 Å². The van der Waals surface area contributed by atoms with Gasteiger partial charge in [-0.3, -0.25) is 4.79 Å². The average molecular weight is 190 g/mol. The fourth-order valence-electron chi connectivity index (χ4n) is 0.888. The second-order valence-corrected chi connectivity index (χ2v) is 2.84. The number of nitrogens with zero attached hydrogens (tertiary/aromatic N) is 1. The van der Waals surface area contributed by atoms with Crippen LogP contribution in [0.5, 0.6) is 0 Å². The highest BCUT2D eigenvalue weighted by Gasteiger charge is 2.14. The first-order valence-electron chi connectivity index (χ1n) is 4.23. The van der Waals surface area contributed by atoms with E-state index in [0.29, 0.717) is 13.1 Å². The van der Waals surface area contributed by atoms with E-state index in [4.69, 9.17) is 15.6 Å². The SMILES string of the molecule is COC(CN)CC(=O)N(C)CCO. The summed E-state index contributed by atoms with van der Waals surface area (Å²) < 4.78 is 4.96. The molecule has 0 aromatic heterocycles. The molecule has 0 fully saturated rings. The normalized spacial score (nSPS) is 12.6. The lowest BCUT2D eigenvalue weighted by atomic mass is 10.2. The summed E-state index contributed by atoms with van der Waals surface area (Å²) in [6.07, 6.45) is 0.0393. The number of carbonyl (C=O) groups is 1. The Bertz CT molecular complexity index is 148. The first kappa shape index (κ1) is 12.3. The first-order chi connectivity index (χ1) is 6.15. The van der Waals surface area contributed by atoms with Crippen LogP contribution in [0.4, 0.5) is 0 Å². The van der Waals surface area contributed by atoms with Crippen LogP contribution < -0.4 is 5.73 Å². The van der Waals surface area contributed by atoms with Crippen LogP contribution in [0, 0.1) is 0 Å². The largest absolute Gasteiger partial charge is 0.395 e. The molecule has 5 nitrogen and oxygen atoms in total. The predicted octanol–water partition coefficient (Wildman–Crippen LogP) is -1.20. The van der Waals surface area contributed by atoms with Gasteiger partial charge in [-0.1, -0.05) is 0 Å². The molecule has 0 aliphatic carbocycles. The van der Waals surface area contributed by atoms with Crippen LogP contribution in [0.15, 0.2) is 0 Å². The van der Waals surface area contributed by atoms with Crippen molar-refractivity contribution in [2.45, 2.75) is 12.5 Å². The van der Waals surface area contributed by atoms with Gasteiger partial charge in [0.1, 0.15) is 0 Å². The minimum atomic E-state index is -0.228. The van der Waals surface area contributed by atoms with Gasteiger partial charge in [0.15, 0.2) is 0 Å². The second-order valence-electron chi connectivity index (χ2n) is 2.84. The number of aliphatic hydroxyl groups is 1. The third-order valence-electron chi connectivity index (χ3n) is 1.86. The molecule has 0 heterocycles. The number of likely N-dealkylation sites (N-methyl/N-ethyl adjacent to an activating group) is 1. The van der Waals surface area contributed by atoms with E-state index in [2.05, 4.69) is 0 Å². The van der Waals surface area contributed by atoms with Gasteiger partial charge >= 0.3 is 0 Å². The number of amides is 1. The van der Waals surface area contributed by atoms with E-state index in [1.54, 1.807) is 7.05 Å². The van der Waals surface area contributed by atoms with Crippen LogP contribution in [0.2, 0.25) is 0 Å². The monoisotopic (exact) mass is 190 g/mol. The lowest BCUT2D eigenvalue weighted by Crippen LogP contribution is -2.35. The van der Waals surface area contributed by atoms with Crippen molar-refractivity contribution in [2.24, 2.45) is 5.73 Å². The zero-order valence-corrected chi connectivity index (χ0v) is 8.19. The summed E-state index contributed by atoms with van der Waals surface area (Å²) in [7, 11) is 3.17. The summed E-state index contributed by atoms with van der Waals surface area (Å²) in [5.74, 6) is -0.0636. The van der Waals surface area contributed by atoms with E-state index in [1.807, 2.05) is 0 Å². The summed E-state index contributed by atoms with van der Waals surface area (Å²) in [6, 6.07) is 0. The molecule has 1 atom stereocenters. The van der Waals surface area contributed by atoms with Crippen LogP contribution in [-0.2, 0) is 9.53 Å². The molecule has 0 saturated heterocycles. The molecule has 5 heteroatoms. The van der Waals surface area contributed by atoms with Gasteiger partial charge in [0, 0.05) is 27.2 Å². The Morgan fingerprint density at radius 1 is 1.69 bits per heavy atom. The van der Waals surface area contributed by atoms with Gasteiger partial charge in [0.25, 0.3) is 0 Å². The van der Waals surface area contributed by atoms with Crippen LogP contribution in [0.25, 0.3) is 0 Å². The van der Waals surface area contributed by atoms with Crippen molar-refractivity contribution in [2.75, 3.05) is 33.9 Å². The lowest BCUT2D eigenvalue weighted by Gasteiger charge is -2.18. The van der Waals surface area contributed by atoms with Crippen LogP contribution in [0.1, 0.15) is 6.42 Å². The molecule has 0 aliphatic heterocycles. The minimum Gasteiger partial charge on any atom is -0.395 e. The van der Waals surface area contributed by atoms with Gasteiger partial charge in [0.2, 0.25) is 5.91 Å². The van der Waals surface area contributed by atoms with Gasteiger partial charge in [-0.25, -0.2) is 0 Å². The molecule has 0 spiro atoms. The highest BCUT2D eigenvalue weighted by Crippen LogP contribution is 1.98. The molecule has 1 unspecified atom stereocenters. The lowest BCUT2D eigenvalue weighted by molar-refractivity contribution is -0.132. The topological polar surface area (TPSA) is 75.8 Å². The van der Waals surface area contributed by atoms with Crippen molar-refractivity contribution in [1.29, 1.82) is 0 Å². The van der Waals surface area contributed by atoms with Crippen molar-refractivity contribution >= 4 is 5.91 Å². The van der Waals surface area contributed by atoms with E-state index < -0.39 is 0 Å². The molecule has 0 bridgehead atoms. The third-order valence-corrected chi connectivity index (χ3v) is 1.86. The highest BCUT2D eigenvalue weighted by molar-refractivity contribution is 5.76. The summed E-state index contributed by atoms with van der Waals surface area (Å²) in [4.78, 5) is 12.8. The average Bonchev–Trinajstić information content (AvgIpc) is 2.14. The summed E-state index contributed by atoms with van der Waals surface area (Å²) in [5.41, 5.74) is 5.36. The number of hydrogen-bond donors (Lipinski definition) is 2. The van der Waals surface area contributed by atoms with Gasteiger partial charge in [-0.05, 0) is 0 Å². The van der Waals surface area contributed by atoms with Gasteiger partial charge < -0.3 is 20.5 Å². The molecule has 1 amide bonds. The molecule has 78 valence electrons. The van der Waals surface area contributed by atoms with Gasteiger partial charge in [-0.2, -0.15) is 0 Å². The Morgan fingerprint density at radius 3 is 2.69 bits per heavy atom. The maximum atomic E-state index is 11.3. The quantitative estimate of drug-likeness (QED) is 0.551. The number of methoxy groups -OCH3 is 1. The number of nitrogens with two attached hydrogens (primary N) is 1. The number of aliphatic hydroxyl groups excluding tert-OH is 1. The van der Waals surface area contributed by atoms with Crippen molar-refractivity contribution in [3.8, 4) is 0 Å². The van der Waals surface area contributed by atoms with Gasteiger partial charge in [-0.15, -0.1) is 0 Å². The number of rotatable bonds is 6. The molecule has 3 N–H and O–H groups in total. The second kappa shape index (κ2) is 6.82. The molecule has 0 aromatic rings. The van der Waals surface area contributed by atoms with Crippen molar-refractivity contribution < 1.29 is 14.6 Å². The molecule has 0 radical (unpaired) electrons. The molecular formula is C8H18N2O3. The van der Waals surface area contributed by atoms with Crippen LogP contribution >= 0.6 is 0 Å². The minimum absolute atomic E-state index is 0.0253. The standard InChI is InChI=1S/C8H18N2O3/c1-10(3-4-11)8(12)5-7(6-9)13-2/h7,11H,3-6,9H2,1-2H3. The Hall–Kier alpha value is -0.650.